The standard InChI is InChI=1S/C22H19N3O6S/c1-30-18-9-8-15(13-19(18)31-2)23-21(26)17(24-22(27)20-7-4-10-32-20)12-14-5-3-6-16(11-14)25(28)29/h3-13H,1-2H3,(H,23,26)(H,24,27). The van der Waals surface area contributed by atoms with E-state index in [1.165, 1.54) is 49.8 Å². The molecule has 9 nitrogen and oxygen atoms in total. The van der Waals surface area contributed by atoms with E-state index in [9.17, 15) is 19.7 Å². The van der Waals surface area contributed by atoms with Gasteiger partial charge in [-0.05, 0) is 35.2 Å². The van der Waals surface area contributed by atoms with Crippen LogP contribution in [0.25, 0.3) is 6.08 Å². The first-order valence-electron chi connectivity index (χ1n) is 9.25. The fourth-order valence-electron chi connectivity index (χ4n) is 2.76. The molecule has 0 unspecified atom stereocenters. The average Bonchev–Trinajstić information content (AvgIpc) is 3.34. The van der Waals surface area contributed by atoms with Gasteiger partial charge in [-0.1, -0.05) is 18.2 Å². The number of benzene rings is 2. The van der Waals surface area contributed by atoms with Crippen LogP contribution in [0, 0.1) is 10.1 Å². The first kappa shape index (κ1) is 22.5. The van der Waals surface area contributed by atoms with Gasteiger partial charge in [0.2, 0.25) is 0 Å². The van der Waals surface area contributed by atoms with E-state index in [0.717, 1.165) is 0 Å². The highest BCUT2D eigenvalue weighted by molar-refractivity contribution is 7.12. The predicted octanol–water partition coefficient (Wildman–Crippen LogP) is 4.08. The minimum absolute atomic E-state index is 0.0846. The van der Waals surface area contributed by atoms with E-state index in [1.54, 1.807) is 41.8 Å². The van der Waals surface area contributed by atoms with Crippen molar-refractivity contribution in [2.75, 3.05) is 19.5 Å². The first-order valence-corrected chi connectivity index (χ1v) is 10.1. The fourth-order valence-corrected chi connectivity index (χ4v) is 3.38. The molecule has 0 atom stereocenters. The summed E-state index contributed by atoms with van der Waals surface area (Å²) in [6.07, 6.45) is 1.37. The highest BCUT2D eigenvalue weighted by Gasteiger charge is 2.17. The minimum Gasteiger partial charge on any atom is -0.493 e. The Morgan fingerprint density at radius 1 is 1.03 bits per heavy atom. The molecule has 0 spiro atoms. The monoisotopic (exact) mass is 453 g/mol. The van der Waals surface area contributed by atoms with Gasteiger partial charge in [0.15, 0.2) is 11.5 Å². The smallest absolute Gasteiger partial charge is 0.272 e. The van der Waals surface area contributed by atoms with Gasteiger partial charge in [-0.2, -0.15) is 0 Å². The number of thiophene rings is 1. The van der Waals surface area contributed by atoms with Gasteiger partial charge in [-0.15, -0.1) is 11.3 Å². The number of non-ortho nitro benzene ring substituents is 1. The molecule has 32 heavy (non-hydrogen) atoms. The largest absolute Gasteiger partial charge is 0.493 e. The molecule has 2 N–H and O–H groups in total. The summed E-state index contributed by atoms with van der Waals surface area (Å²) in [6.45, 7) is 0. The predicted molar refractivity (Wildman–Crippen MR) is 121 cm³/mol. The van der Waals surface area contributed by atoms with E-state index in [4.69, 9.17) is 9.47 Å². The highest BCUT2D eigenvalue weighted by Crippen LogP contribution is 2.30. The molecule has 10 heteroatoms. The van der Waals surface area contributed by atoms with Crippen LogP contribution in [-0.2, 0) is 4.79 Å². The molecule has 2 amide bonds. The number of hydrogen-bond acceptors (Lipinski definition) is 7. The highest BCUT2D eigenvalue weighted by atomic mass is 32.1. The van der Waals surface area contributed by atoms with Crippen molar-refractivity contribution in [3.8, 4) is 11.5 Å². The maximum absolute atomic E-state index is 13.0. The van der Waals surface area contributed by atoms with Crippen molar-refractivity contribution in [2.24, 2.45) is 0 Å². The van der Waals surface area contributed by atoms with E-state index in [-0.39, 0.29) is 11.4 Å². The number of anilines is 1. The molecule has 0 bridgehead atoms. The topological polar surface area (TPSA) is 120 Å². The number of methoxy groups -OCH3 is 2. The van der Waals surface area contributed by atoms with Crippen LogP contribution in [0.4, 0.5) is 11.4 Å². The summed E-state index contributed by atoms with van der Waals surface area (Å²) in [7, 11) is 2.97. The van der Waals surface area contributed by atoms with Gasteiger partial charge in [-0.25, -0.2) is 0 Å². The van der Waals surface area contributed by atoms with Gasteiger partial charge < -0.3 is 20.1 Å². The Morgan fingerprint density at radius 3 is 2.47 bits per heavy atom. The number of nitrogens with zero attached hydrogens (tertiary/aromatic N) is 1. The lowest BCUT2D eigenvalue weighted by atomic mass is 10.1. The van der Waals surface area contributed by atoms with Gasteiger partial charge in [-0.3, -0.25) is 19.7 Å². The van der Waals surface area contributed by atoms with Gasteiger partial charge in [0, 0.05) is 23.9 Å². The maximum atomic E-state index is 13.0. The Bertz CT molecular complexity index is 1170. The van der Waals surface area contributed by atoms with Crippen LogP contribution in [0.2, 0.25) is 0 Å². The Balaban J connectivity index is 1.92. The Labute approximate surface area is 187 Å². The van der Waals surface area contributed by atoms with Crippen molar-refractivity contribution in [1.82, 2.24) is 5.32 Å². The number of amides is 2. The van der Waals surface area contributed by atoms with Gasteiger partial charge in [0.05, 0.1) is 24.0 Å². The van der Waals surface area contributed by atoms with Gasteiger partial charge in [0.25, 0.3) is 17.5 Å². The minimum atomic E-state index is -0.617. The summed E-state index contributed by atoms with van der Waals surface area (Å²) in [5.74, 6) is -0.186. The number of hydrogen-bond donors (Lipinski definition) is 2. The Kier molecular flexibility index (Phi) is 7.19. The Hall–Kier alpha value is -4.18. The third-order valence-electron chi connectivity index (χ3n) is 4.27. The number of ether oxygens (including phenoxy) is 2. The molecule has 3 rings (SSSR count). The van der Waals surface area contributed by atoms with Crippen LogP contribution in [0.1, 0.15) is 15.2 Å². The molecule has 0 aliphatic carbocycles. The van der Waals surface area contributed by atoms with Crippen molar-refractivity contribution >= 4 is 40.6 Å². The molecular formula is C22H19N3O6S. The lowest BCUT2D eigenvalue weighted by molar-refractivity contribution is -0.384. The van der Waals surface area contributed by atoms with E-state index < -0.39 is 16.7 Å². The van der Waals surface area contributed by atoms with E-state index in [0.29, 0.717) is 27.6 Å². The van der Waals surface area contributed by atoms with Gasteiger partial charge in [0.1, 0.15) is 5.70 Å². The van der Waals surface area contributed by atoms with Crippen molar-refractivity contribution in [1.29, 1.82) is 0 Å². The third-order valence-corrected chi connectivity index (χ3v) is 5.14. The zero-order valence-electron chi connectivity index (χ0n) is 17.2. The molecule has 164 valence electrons. The number of carbonyl (C=O) groups is 2. The molecule has 2 aromatic carbocycles. The summed E-state index contributed by atoms with van der Waals surface area (Å²) in [5.41, 5.74) is 0.563. The summed E-state index contributed by atoms with van der Waals surface area (Å²) in [4.78, 5) is 36.5. The summed E-state index contributed by atoms with van der Waals surface area (Å²) in [6, 6.07) is 13.9. The summed E-state index contributed by atoms with van der Waals surface area (Å²) in [5, 5.41) is 18.1. The molecule has 1 aromatic heterocycles. The van der Waals surface area contributed by atoms with Crippen molar-refractivity contribution in [2.45, 2.75) is 0 Å². The molecule has 0 radical (unpaired) electrons. The molecule has 0 saturated carbocycles. The molecule has 1 heterocycles. The molecule has 0 saturated heterocycles. The number of rotatable bonds is 8. The Morgan fingerprint density at radius 2 is 1.81 bits per heavy atom. The molecule has 0 fully saturated rings. The zero-order chi connectivity index (χ0) is 23.1. The number of carbonyl (C=O) groups excluding carboxylic acids is 2. The van der Waals surface area contributed by atoms with Crippen LogP contribution in [0.15, 0.2) is 65.7 Å². The van der Waals surface area contributed by atoms with Crippen LogP contribution in [0.3, 0.4) is 0 Å². The molecule has 0 aliphatic rings. The SMILES string of the molecule is COc1ccc(NC(=O)C(=Cc2cccc([N+](=O)[O-])c2)NC(=O)c2cccs2)cc1OC. The molecule has 3 aromatic rings. The zero-order valence-corrected chi connectivity index (χ0v) is 18.0. The first-order chi connectivity index (χ1) is 15.4. The normalized spacial score (nSPS) is 10.9. The lowest BCUT2D eigenvalue weighted by Crippen LogP contribution is -2.30. The third kappa shape index (κ3) is 5.49. The quantitative estimate of drug-likeness (QED) is 0.301. The maximum Gasteiger partial charge on any atom is 0.272 e. The van der Waals surface area contributed by atoms with E-state index >= 15 is 0 Å². The molecule has 0 aliphatic heterocycles. The molecular weight excluding hydrogens is 434 g/mol. The lowest BCUT2D eigenvalue weighted by Gasteiger charge is -2.13. The summed E-state index contributed by atoms with van der Waals surface area (Å²) >= 11 is 1.22. The van der Waals surface area contributed by atoms with E-state index in [2.05, 4.69) is 10.6 Å². The van der Waals surface area contributed by atoms with Crippen molar-refractivity contribution in [3.05, 3.63) is 86.2 Å². The second kappa shape index (κ2) is 10.2. The summed E-state index contributed by atoms with van der Waals surface area (Å²) < 4.78 is 10.4. The van der Waals surface area contributed by atoms with Crippen LogP contribution >= 0.6 is 11.3 Å². The number of nitrogens with one attached hydrogen (secondary N) is 2. The van der Waals surface area contributed by atoms with Crippen LogP contribution < -0.4 is 20.1 Å². The van der Waals surface area contributed by atoms with Crippen LogP contribution in [0.5, 0.6) is 11.5 Å². The van der Waals surface area contributed by atoms with Gasteiger partial charge >= 0.3 is 0 Å². The average molecular weight is 453 g/mol. The van der Waals surface area contributed by atoms with E-state index in [1.807, 2.05) is 0 Å². The fraction of sp³-hybridized carbons (Fsp3) is 0.0909. The van der Waals surface area contributed by atoms with Crippen molar-refractivity contribution in [3.63, 3.8) is 0 Å². The second-order valence-electron chi connectivity index (χ2n) is 6.37. The number of nitro groups is 1. The van der Waals surface area contributed by atoms with Crippen molar-refractivity contribution < 1.29 is 24.0 Å². The second-order valence-corrected chi connectivity index (χ2v) is 7.31. The number of nitro benzene ring substituents is 1. The van der Waals surface area contributed by atoms with Crippen LogP contribution in [-0.4, -0.2) is 31.0 Å².